The quantitative estimate of drug-likeness (QED) is 0.668. The van der Waals surface area contributed by atoms with Crippen LogP contribution in [0.2, 0.25) is 10.0 Å². The number of aromatic amines is 1. The van der Waals surface area contributed by atoms with E-state index in [0.29, 0.717) is 10.0 Å². The Hall–Kier alpha value is -0.660. The lowest BCUT2D eigenvalue weighted by molar-refractivity contribution is 1.43. The van der Waals surface area contributed by atoms with Gasteiger partial charge in [0.05, 0.1) is 15.6 Å². The van der Waals surface area contributed by atoms with Crippen LogP contribution >= 0.6 is 23.2 Å². The molecule has 0 aliphatic rings. The van der Waals surface area contributed by atoms with E-state index in [1.807, 2.05) is 39.1 Å². The normalized spacial score (nSPS) is 9.79. The number of halogens is 2. The number of H-pyrrole nitrogens is 1. The first-order chi connectivity index (χ1) is 6.70. The molecular weight excluding hydrogens is 217 g/mol. The maximum absolute atomic E-state index is 5.98. The van der Waals surface area contributed by atoms with Crippen LogP contribution in [0.25, 0.3) is 10.9 Å². The molecule has 0 aliphatic heterocycles. The smallest absolute Gasteiger partial charge is 0.0833 e. The molecule has 0 bridgehead atoms. The average molecular weight is 230 g/mol. The maximum Gasteiger partial charge on any atom is 0.0833 e. The van der Waals surface area contributed by atoms with E-state index < -0.39 is 0 Å². The maximum atomic E-state index is 5.98. The summed E-state index contributed by atoms with van der Waals surface area (Å²) in [5.41, 5.74) is 2.10. The lowest BCUT2D eigenvalue weighted by Crippen LogP contribution is -1.72. The zero-order chi connectivity index (χ0) is 10.7. The minimum absolute atomic E-state index is 0.589. The van der Waals surface area contributed by atoms with Gasteiger partial charge < -0.3 is 4.98 Å². The molecule has 0 radical (unpaired) electrons. The molecule has 1 aromatic carbocycles. The fourth-order valence-corrected chi connectivity index (χ4v) is 1.66. The Morgan fingerprint density at radius 2 is 1.79 bits per heavy atom. The van der Waals surface area contributed by atoms with Crippen LogP contribution in [0.15, 0.2) is 18.3 Å². The summed E-state index contributed by atoms with van der Waals surface area (Å²) in [6.07, 6.45) is 1.92. The molecule has 2 aromatic rings. The van der Waals surface area contributed by atoms with Crippen molar-refractivity contribution in [2.75, 3.05) is 0 Å². The molecule has 2 rings (SSSR count). The second-order valence-electron chi connectivity index (χ2n) is 2.76. The summed E-state index contributed by atoms with van der Waals surface area (Å²) in [4.78, 5) is 3.08. The third-order valence-electron chi connectivity index (χ3n) is 1.95. The molecule has 0 aliphatic carbocycles. The number of benzene rings is 1. The van der Waals surface area contributed by atoms with Gasteiger partial charge in [-0.2, -0.15) is 0 Å². The van der Waals surface area contributed by atoms with Crippen LogP contribution in [0.3, 0.4) is 0 Å². The molecule has 0 saturated heterocycles. The number of aromatic nitrogens is 1. The van der Waals surface area contributed by atoms with Gasteiger partial charge in [0.15, 0.2) is 0 Å². The fraction of sp³-hybridized carbons (Fsp3) is 0.273. The van der Waals surface area contributed by atoms with Gasteiger partial charge in [-0.15, -0.1) is 0 Å². The summed E-state index contributed by atoms with van der Waals surface area (Å²) in [5, 5.41) is 2.32. The van der Waals surface area contributed by atoms with Gasteiger partial charge in [-0.1, -0.05) is 43.1 Å². The van der Waals surface area contributed by atoms with Crippen molar-refractivity contribution in [1.29, 1.82) is 0 Å². The highest BCUT2D eigenvalue weighted by Crippen LogP contribution is 2.31. The van der Waals surface area contributed by atoms with E-state index in [2.05, 4.69) is 4.98 Å². The van der Waals surface area contributed by atoms with Gasteiger partial charge >= 0.3 is 0 Å². The largest absolute Gasteiger partial charge is 0.360 e. The topological polar surface area (TPSA) is 15.8 Å². The van der Waals surface area contributed by atoms with Crippen molar-refractivity contribution in [2.45, 2.75) is 20.8 Å². The van der Waals surface area contributed by atoms with Gasteiger partial charge in [-0.3, -0.25) is 0 Å². The third kappa shape index (κ3) is 1.89. The van der Waals surface area contributed by atoms with Gasteiger partial charge in [0.1, 0.15) is 0 Å². The van der Waals surface area contributed by atoms with Crippen molar-refractivity contribution in [2.24, 2.45) is 0 Å². The number of hydrogen-bond acceptors (Lipinski definition) is 0. The number of rotatable bonds is 0. The first-order valence-electron chi connectivity index (χ1n) is 4.62. The van der Waals surface area contributed by atoms with Crippen LogP contribution in [0.1, 0.15) is 19.4 Å². The van der Waals surface area contributed by atoms with Crippen molar-refractivity contribution in [3.8, 4) is 0 Å². The highest BCUT2D eigenvalue weighted by molar-refractivity contribution is 6.45. The van der Waals surface area contributed by atoms with Crippen molar-refractivity contribution in [3.63, 3.8) is 0 Å². The first-order valence-corrected chi connectivity index (χ1v) is 5.37. The monoisotopic (exact) mass is 229 g/mol. The van der Waals surface area contributed by atoms with E-state index in [1.54, 1.807) is 0 Å². The summed E-state index contributed by atoms with van der Waals surface area (Å²) in [6.45, 7) is 6.03. The summed E-state index contributed by atoms with van der Waals surface area (Å²) in [7, 11) is 0. The highest BCUT2D eigenvalue weighted by Gasteiger charge is 2.05. The molecule has 0 spiro atoms. The van der Waals surface area contributed by atoms with E-state index in [1.165, 1.54) is 5.56 Å². The minimum Gasteiger partial charge on any atom is -0.360 e. The number of nitrogens with one attached hydrogen (secondary N) is 1. The molecular formula is C11H13Cl2N. The molecule has 0 amide bonds. The Labute approximate surface area is 94.0 Å². The Kier molecular flexibility index (Phi) is 3.85. The van der Waals surface area contributed by atoms with Gasteiger partial charge in [-0.05, 0) is 18.6 Å². The molecule has 1 aromatic heterocycles. The van der Waals surface area contributed by atoms with Crippen LogP contribution in [-0.2, 0) is 0 Å². The standard InChI is InChI=1S/C9H7Cl2N.C2H6/c1-5-4-12-9-6(5)2-3-7(10)8(9)11;1-2/h2-4,12H,1H3;1-2H3. The molecule has 3 heteroatoms. The average Bonchev–Trinajstić information content (AvgIpc) is 2.58. The van der Waals surface area contributed by atoms with E-state index >= 15 is 0 Å². The SMILES string of the molecule is CC.Cc1c[nH]c2c(Cl)c(Cl)ccc12. The van der Waals surface area contributed by atoms with Crippen molar-refractivity contribution in [1.82, 2.24) is 4.98 Å². The second kappa shape index (κ2) is 4.72. The van der Waals surface area contributed by atoms with Crippen LogP contribution in [-0.4, -0.2) is 4.98 Å². The Bertz CT molecular complexity index is 432. The first kappa shape index (κ1) is 11.4. The lowest BCUT2D eigenvalue weighted by Gasteiger charge is -1.96. The van der Waals surface area contributed by atoms with E-state index in [4.69, 9.17) is 23.2 Å². The summed E-state index contributed by atoms with van der Waals surface area (Å²) in [6, 6.07) is 3.78. The Balaban J connectivity index is 0.000000461. The molecule has 1 nitrogen and oxygen atoms in total. The Morgan fingerprint density at radius 3 is 2.43 bits per heavy atom. The lowest BCUT2D eigenvalue weighted by atomic mass is 10.2. The van der Waals surface area contributed by atoms with Crippen LogP contribution in [0, 0.1) is 6.92 Å². The summed E-state index contributed by atoms with van der Waals surface area (Å²) >= 11 is 11.8. The molecule has 0 atom stereocenters. The van der Waals surface area contributed by atoms with Gasteiger partial charge in [0, 0.05) is 11.6 Å². The Morgan fingerprint density at radius 1 is 1.14 bits per heavy atom. The molecule has 1 N–H and O–H groups in total. The van der Waals surface area contributed by atoms with Crippen molar-refractivity contribution >= 4 is 34.1 Å². The molecule has 0 fully saturated rings. The summed E-state index contributed by atoms with van der Waals surface area (Å²) < 4.78 is 0. The molecule has 1 heterocycles. The molecule has 0 saturated carbocycles. The predicted octanol–water partition coefficient (Wildman–Crippen LogP) is 4.81. The number of hydrogen-bond donors (Lipinski definition) is 1. The van der Waals surface area contributed by atoms with E-state index in [-0.39, 0.29) is 0 Å². The van der Waals surface area contributed by atoms with Crippen LogP contribution in [0.5, 0.6) is 0 Å². The summed E-state index contributed by atoms with van der Waals surface area (Å²) in [5.74, 6) is 0. The van der Waals surface area contributed by atoms with Crippen LogP contribution < -0.4 is 0 Å². The molecule has 14 heavy (non-hydrogen) atoms. The van der Waals surface area contributed by atoms with Gasteiger partial charge in [0.25, 0.3) is 0 Å². The van der Waals surface area contributed by atoms with Crippen molar-refractivity contribution < 1.29 is 0 Å². The van der Waals surface area contributed by atoms with Gasteiger partial charge in [0.2, 0.25) is 0 Å². The van der Waals surface area contributed by atoms with E-state index in [0.717, 1.165) is 10.9 Å². The predicted molar refractivity (Wildman–Crippen MR) is 64.4 cm³/mol. The number of fused-ring (bicyclic) bond motifs is 1. The van der Waals surface area contributed by atoms with E-state index in [9.17, 15) is 0 Å². The molecule has 76 valence electrons. The second-order valence-corrected chi connectivity index (χ2v) is 3.54. The highest BCUT2D eigenvalue weighted by atomic mass is 35.5. The zero-order valence-corrected chi connectivity index (χ0v) is 10.00. The minimum atomic E-state index is 0.589. The van der Waals surface area contributed by atoms with Gasteiger partial charge in [-0.25, -0.2) is 0 Å². The van der Waals surface area contributed by atoms with Crippen LogP contribution in [0.4, 0.5) is 0 Å². The zero-order valence-electron chi connectivity index (χ0n) is 8.49. The van der Waals surface area contributed by atoms with Crippen molar-refractivity contribution in [3.05, 3.63) is 33.9 Å². The fourth-order valence-electron chi connectivity index (χ4n) is 1.28. The third-order valence-corrected chi connectivity index (χ3v) is 2.76. The number of aryl methyl sites for hydroxylation is 1. The molecule has 0 unspecified atom stereocenters.